The highest BCUT2D eigenvalue weighted by Gasteiger charge is 2.00. The minimum Gasteiger partial charge on any atom is -0.271 e. The van der Waals surface area contributed by atoms with Crippen LogP contribution in [0.3, 0.4) is 0 Å². The fourth-order valence-corrected chi connectivity index (χ4v) is 1.29. The maximum atomic E-state index is 13.2. The van der Waals surface area contributed by atoms with Crippen molar-refractivity contribution in [1.29, 1.82) is 5.26 Å². The van der Waals surface area contributed by atoms with Crippen LogP contribution in [0.15, 0.2) is 23.2 Å². The van der Waals surface area contributed by atoms with Gasteiger partial charge < -0.3 is 0 Å². The van der Waals surface area contributed by atoms with Gasteiger partial charge in [0, 0.05) is 0 Å². The van der Waals surface area contributed by atoms with Gasteiger partial charge in [0.05, 0.1) is 5.69 Å². The van der Waals surface area contributed by atoms with Crippen molar-refractivity contribution in [3.8, 4) is 6.19 Å². The number of amidine groups is 1. The Balaban J connectivity index is 2.97. The zero-order valence-electron chi connectivity index (χ0n) is 8.41. The van der Waals surface area contributed by atoms with E-state index in [1.807, 2.05) is 0 Å². The van der Waals surface area contributed by atoms with E-state index < -0.39 is 0 Å². The number of rotatable bonds is 1. The molecule has 0 aliphatic heterocycles. The Hall–Kier alpha value is -1.54. The third kappa shape index (κ3) is 3.26. The highest BCUT2D eigenvalue weighted by atomic mass is 32.2. The molecule has 0 amide bonds. The average Bonchev–Trinajstić information content (AvgIpc) is 2.23. The highest BCUT2D eigenvalue weighted by molar-refractivity contribution is 8.13. The largest absolute Gasteiger partial charge is 0.271 e. The quantitative estimate of drug-likeness (QED) is 0.344. The number of nitriles is 1. The van der Waals surface area contributed by atoms with Crippen molar-refractivity contribution < 1.29 is 4.39 Å². The van der Waals surface area contributed by atoms with Crippen LogP contribution in [0.5, 0.6) is 0 Å². The molecule has 78 valence electrons. The summed E-state index contributed by atoms with van der Waals surface area (Å²) >= 11 is 1.29. The third-order valence-electron chi connectivity index (χ3n) is 1.74. The summed E-state index contributed by atoms with van der Waals surface area (Å²) in [5.74, 6) is -0.298. The number of aryl methyl sites for hydroxylation is 1. The van der Waals surface area contributed by atoms with E-state index in [1.54, 1.807) is 31.5 Å². The van der Waals surface area contributed by atoms with Gasteiger partial charge in [-0.05, 0) is 30.9 Å². The molecule has 15 heavy (non-hydrogen) atoms. The van der Waals surface area contributed by atoms with Crippen LogP contribution in [0, 0.1) is 24.2 Å². The van der Waals surface area contributed by atoms with E-state index in [9.17, 15) is 4.39 Å². The van der Waals surface area contributed by atoms with Crippen LogP contribution < -0.4 is 5.32 Å². The topological polar surface area (TPSA) is 48.2 Å². The third-order valence-corrected chi connectivity index (χ3v) is 2.32. The summed E-state index contributed by atoms with van der Waals surface area (Å²) in [6, 6.07) is 4.69. The number of nitrogens with one attached hydrogen (secondary N) is 1. The predicted octanol–water partition coefficient (Wildman–Crippen LogP) is 2.56. The number of hydrogen-bond donors (Lipinski definition) is 1. The maximum absolute atomic E-state index is 13.2. The second kappa shape index (κ2) is 5.37. The van der Waals surface area contributed by atoms with Gasteiger partial charge in [0.1, 0.15) is 5.82 Å². The zero-order chi connectivity index (χ0) is 11.3. The van der Waals surface area contributed by atoms with Gasteiger partial charge in [0.25, 0.3) is 0 Å². The van der Waals surface area contributed by atoms with Crippen molar-refractivity contribution >= 4 is 22.6 Å². The Morgan fingerprint density at radius 2 is 2.33 bits per heavy atom. The fraction of sp³-hybridized carbons (Fsp3) is 0.200. The van der Waals surface area contributed by atoms with E-state index in [0.29, 0.717) is 16.4 Å². The maximum Gasteiger partial charge on any atom is 0.183 e. The lowest BCUT2D eigenvalue weighted by Gasteiger charge is -2.01. The Labute approximate surface area is 92.0 Å². The number of halogens is 1. The summed E-state index contributed by atoms with van der Waals surface area (Å²) in [5, 5.41) is 11.3. The van der Waals surface area contributed by atoms with Crippen LogP contribution in [0.25, 0.3) is 0 Å². The second-order valence-electron chi connectivity index (χ2n) is 2.79. The first-order valence-electron chi connectivity index (χ1n) is 4.21. The molecule has 0 aliphatic rings. The number of nitrogens with zero attached hydrogens (tertiary/aromatic N) is 2. The van der Waals surface area contributed by atoms with Crippen LogP contribution in [-0.2, 0) is 0 Å². The Morgan fingerprint density at radius 3 is 2.87 bits per heavy atom. The summed E-state index contributed by atoms with van der Waals surface area (Å²) in [5.41, 5.74) is 1.07. The normalized spacial score (nSPS) is 10.9. The molecular formula is C10H10FN3S. The molecule has 1 rings (SSSR count). The van der Waals surface area contributed by atoms with E-state index in [0.717, 1.165) is 0 Å². The van der Waals surface area contributed by atoms with Crippen molar-refractivity contribution in [2.45, 2.75) is 6.92 Å². The van der Waals surface area contributed by atoms with Gasteiger partial charge in [-0.1, -0.05) is 17.8 Å². The first-order valence-corrected chi connectivity index (χ1v) is 5.43. The lowest BCUT2D eigenvalue weighted by atomic mass is 10.2. The molecule has 0 bridgehead atoms. The fourth-order valence-electron chi connectivity index (χ4n) is 0.941. The molecule has 0 fully saturated rings. The minimum atomic E-state index is -0.298. The van der Waals surface area contributed by atoms with Gasteiger partial charge in [-0.25, -0.2) is 9.38 Å². The molecule has 1 N–H and O–H groups in total. The van der Waals surface area contributed by atoms with E-state index in [1.165, 1.54) is 17.8 Å². The van der Waals surface area contributed by atoms with E-state index in [-0.39, 0.29) is 5.82 Å². The standard InChI is InChI=1S/C10H10FN3S/c1-7-3-4-8(5-9(7)11)14-10(15-2)13-6-12/h3-5H,1-2H3,(H,13,14). The lowest BCUT2D eigenvalue weighted by Crippen LogP contribution is -2.12. The number of aliphatic imine (C=N–C) groups is 1. The van der Waals surface area contributed by atoms with E-state index in [4.69, 9.17) is 5.26 Å². The molecule has 0 aromatic heterocycles. The Kier molecular flexibility index (Phi) is 4.13. The SMILES string of the molecule is CSC(=Nc1ccc(C)c(F)c1)NC#N. The molecule has 0 saturated heterocycles. The summed E-state index contributed by atoms with van der Waals surface area (Å²) in [4.78, 5) is 4.07. The first-order chi connectivity index (χ1) is 7.17. The predicted molar refractivity (Wildman–Crippen MR) is 60.5 cm³/mol. The zero-order valence-corrected chi connectivity index (χ0v) is 9.23. The highest BCUT2D eigenvalue weighted by Crippen LogP contribution is 2.17. The molecular weight excluding hydrogens is 213 g/mol. The van der Waals surface area contributed by atoms with Gasteiger partial charge >= 0.3 is 0 Å². The van der Waals surface area contributed by atoms with E-state index >= 15 is 0 Å². The number of hydrogen-bond acceptors (Lipinski definition) is 3. The summed E-state index contributed by atoms with van der Waals surface area (Å²) in [6.07, 6.45) is 3.56. The summed E-state index contributed by atoms with van der Waals surface area (Å²) in [6.45, 7) is 1.69. The molecule has 0 aliphatic carbocycles. The first kappa shape index (κ1) is 11.5. The molecule has 0 spiro atoms. The van der Waals surface area contributed by atoms with Crippen LogP contribution >= 0.6 is 11.8 Å². The molecule has 0 radical (unpaired) electrons. The van der Waals surface area contributed by atoms with Crippen LogP contribution in [0.4, 0.5) is 10.1 Å². The van der Waals surface area contributed by atoms with Crippen molar-refractivity contribution in [1.82, 2.24) is 5.32 Å². The van der Waals surface area contributed by atoms with Crippen LogP contribution in [0.1, 0.15) is 5.56 Å². The number of benzene rings is 1. The molecule has 1 aromatic rings. The minimum absolute atomic E-state index is 0.298. The molecule has 1 aromatic carbocycles. The summed E-state index contributed by atoms with van der Waals surface area (Å²) < 4.78 is 13.2. The van der Waals surface area contributed by atoms with Crippen LogP contribution in [0.2, 0.25) is 0 Å². The van der Waals surface area contributed by atoms with Gasteiger partial charge in [0.2, 0.25) is 0 Å². The average molecular weight is 223 g/mol. The van der Waals surface area contributed by atoms with Crippen molar-refractivity contribution in [2.24, 2.45) is 4.99 Å². The second-order valence-corrected chi connectivity index (χ2v) is 3.59. The van der Waals surface area contributed by atoms with Crippen LogP contribution in [-0.4, -0.2) is 11.4 Å². The number of thioether (sulfide) groups is 1. The van der Waals surface area contributed by atoms with Crippen molar-refractivity contribution in [3.05, 3.63) is 29.6 Å². The molecule has 0 saturated carbocycles. The lowest BCUT2D eigenvalue weighted by molar-refractivity contribution is 0.619. The van der Waals surface area contributed by atoms with E-state index in [2.05, 4.69) is 10.3 Å². The van der Waals surface area contributed by atoms with Crippen molar-refractivity contribution in [3.63, 3.8) is 0 Å². The molecule has 3 nitrogen and oxygen atoms in total. The summed E-state index contributed by atoms with van der Waals surface area (Å²) in [7, 11) is 0. The Morgan fingerprint density at radius 1 is 1.60 bits per heavy atom. The van der Waals surface area contributed by atoms with Gasteiger partial charge in [-0.3, -0.25) is 5.32 Å². The van der Waals surface area contributed by atoms with Gasteiger partial charge in [0.15, 0.2) is 11.4 Å². The van der Waals surface area contributed by atoms with Gasteiger partial charge in [-0.15, -0.1) is 0 Å². The monoisotopic (exact) mass is 223 g/mol. The Bertz CT molecular complexity index is 423. The molecule has 5 heteroatoms. The molecule has 0 atom stereocenters. The van der Waals surface area contributed by atoms with Crippen molar-refractivity contribution in [2.75, 3.05) is 6.26 Å². The molecule has 0 heterocycles. The molecule has 0 unspecified atom stereocenters. The smallest absolute Gasteiger partial charge is 0.183 e. The van der Waals surface area contributed by atoms with Gasteiger partial charge in [-0.2, -0.15) is 5.26 Å².